The van der Waals surface area contributed by atoms with Gasteiger partial charge >= 0.3 is 6.18 Å². The molecule has 0 aromatic carbocycles. The quantitative estimate of drug-likeness (QED) is 0.722. The fourth-order valence-electron chi connectivity index (χ4n) is 3.02. The lowest BCUT2D eigenvalue weighted by Gasteiger charge is -2.35. The second-order valence-electron chi connectivity index (χ2n) is 6.30. The number of halogens is 3. The van der Waals surface area contributed by atoms with Gasteiger partial charge in [0.2, 0.25) is 0 Å². The highest BCUT2D eigenvalue weighted by molar-refractivity contribution is 7.17. The number of carbonyl (C=O) groups is 1. The predicted molar refractivity (Wildman–Crippen MR) is 99.3 cm³/mol. The summed E-state index contributed by atoms with van der Waals surface area (Å²) in [5.41, 5.74) is -0.731. The summed E-state index contributed by atoms with van der Waals surface area (Å²) in [5.74, 6) is 0.760. The minimum Gasteiger partial charge on any atom is -0.353 e. The number of rotatable bonds is 3. The first kappa shape index (κ1) is 18.5. The number of alkyl halides is 3. The highest BCUT2D eigenvalue weighted by atomic mass is 32.1. The maximum absolute atomic E-state index is 12.7. The number of hydrogen-bond donors (Lipinski definition) is 1. The molecule has 0 aliphatic carbocycles. The van der Waals surface area contributed by atoms with Crippen LogP contribution in [0.15, 0.2) is 42.6 Å². The van der Waals surface area contributed by atoms with Crippen molar-refractivity contribution in [2.45, 2.75) is 6.18 Å². The molecule has 4 rings (SSSR count). The molecule has 1 aliphatic heterocycles. The molecular weight excluding hydrogens is 391 g/mol. The van der Waals surface area contributed by atoms with E-state index in [9.17, 15) is 18.0 Å². The number of piperazine rings is 1. The van der Waals surface area contributed by atoms with E-state index in [1.807, 2.05) is 23.3 Å². The summed E-state index contributed by atoms with van der Waals surface area (Å²) in [4.78, 5) is 21.9. The summed E-state index contributed by atoms with van der Waals surface area (Å²) in [5, 5.41) is 5.70. The largest absolute Gasteiger partial charge is 0.432 e. The predicted octanol–water partition coefficient (Wildman–Crippen LogP) is 3.51. The Bertz CT molecular complexity index is 961. The summed E-state index contributed by atoms with van der Waals surface area (Å²) in [6, 6.07) is 9.92. The maximum atomic E-state index is 12.7. The van der Waals surface area contributed by atoms with Crippen LogP contribution >= 0.6 is 11.3 Å². The number of nitrogens with zero attached hydrogens (tertiary/aromatic N) is 4. The highest BCUT2D eigenvalue weighted by Gasteiger charge is 2.33. The SMILES string of the molecule is O=C(c1ccc(-c2cc(C(F)(F)F)[nH]n2)s1)N1CCN(c2ccccn2)CC1. The Hall–Kier alpha value is -2.88. The fourth-order valence-corrected chi connectivity index (χ4v) is 3.95. The molecule has 146 valence electrons. The normalized spacial score (nSPS) is 15.1. The summed E-state index contributed by atoms with van der Waals surface area (Å²) in [6.45, 7) is 2.47. The number of hydrogen-bond acceptors (Lipinski definition) is 5. The van der Waals surface area contributed by atoms with Crippen LogP contribution in [0.3, 0.4) is 0 Å². The lowest BCUT2D eigenvalue weighted by atomic mass is 10.2. The number of aromatic amines is 1. The van der Waals surface area contributed by atoms with Crippen LogP contribution in [0.25, 0.3) is 10.6 Å². The molecular formula is C18H16F3N5OS. The summed E-state index contributed by atoms with van der Waals surface area (Å²) in [7, 11) is 0. The van der Waals surface area contributed by atoms with E-state index in [2.05, 4.69) is 15.0 Å². The molecule has 4 heterocycles. The summed E-state index contributed by atoms with van der Waals surface area (Å²) in [6.07, 6.45) is -2.74. The first-order valence-electron chi connectivity index (χ1n) is 8.60. The van der Waals surface area contributed by atoms with Crippen molar-refractivity contribution in [3.8, 4) is 10.6 Å². The van der Waals surface area contributed by atoms with Gasteiger partial charge in [-0.2, -0.15) is 18.3 Å². The third-order valence-corrected chi connectivity index (χ3v) is 5.59. The van der Waals surface area contributed by atoms with Gasteiger partial charge < -0.3 is 9.80 Å². The number of H-pyrrole nitrogens is 1. The molecule has 0 atom stereocenters. The lowest BCUT2D eigenvalue weighted by Crippen LogP contribution is -2.48. The molecule has 1 fully saturated rings. The van der Waals surface area contributed by atoms with E-state index in [1.54, 1.807) is 23.2 Å². The molecule has 1 aliphatic rings. The summed E-state index contributed by atoms with van der Waals surface area (Å²) < 4.78 is 38.1. The van der Waals surface area contributed by atoms with E-state index >= 15 is 0 Å². The molecule has 3 aromatic heterocycles. The molecule has 0 bridgehead atoms. The van der Waals surface area contributed by atoms with Gasteiger partial charge in [0.05, 0.1) is 9.75 Å². The van der Waals surface area contributed by atoms with E-state index in [1.165, 1.54) is 0 Å². The van der Waals surface area contributed by atoms with Crippen molar-refractivity contribution in [1.82, 2.24) is 20.1 Å². The number of thiophene rings is 1. The molecule has 3 aromatic rings. The third kappa shape index (κ3) is 3.72. The van der Waals surface area contributed by atoms with Gasteiger partial charge in [-0.1, -0.05) is 6.07 Å². The van der Waals surface area contributed by atoms with Crippen LogP contribution in [0.1, 0.15) is 15.4 Å². The van der Waals surface area contributed by atoms with Gasteiger partial charge in [0.15, 0.2) is 0 Å². The van der Waals surface area contributed by atoms with Crippen molar-refractivity contribution >= 4 is 23.1 Å². The van der Waals surface area contributed by atoms with Crippen LogP contribution in [-0.2, 0) is 6.18 Å². The van der Waals surface area contributed by atoms with Crippen LogP contribution in [-0.4, -0.2) is 52.2 Å². The number of nitrogens with one attached hydrogen (secondary N) is 1. The first-order valence-corrected chi connectivity index (χ1v) is 9.41. The van der Waals surface area contributed by atoms with Gasteiger partial charge in [-0.15, -0.1) is 11.3 Å². The third-order valence-electron chi connectivity index (χ3n) is 4.49. The monoisotopic (exact) mass is 407 g/mol. The Labute approximate surface area is 162 Å². The summed E-state index contributed by atoms with van der Waals surface area (Å²) >= 11 is 1.14. The van der Waals surface area contributed by atoms with Gasteiger partial charge in [0.1, 0.15) is 17.2 Å². The van der Waals surface area contributed by atoms with Gasteiger partial charge in [0.25, 0.3) is 5.91 Å². The van der Waals surface area contributed by atoms with E-state index in [-0.39, 0.29) is 11.6 Å². The highest BCUT2D eigenvalue weighted by Crippen LogP contribution is 2.33. The van der Waals surface area contributed by atoms with E-state index < -0.39 is 11.9 Å². The van der Waals surface area contributed by atoms with Crippen LogP contribution in [0.2, 0.25) is 0 Å². The van der Waals surface area contributed by atoms with Gasteiger partial charge in [0, 0.05) is 32.4 Å². The number of carbonyl (C=O) groups excluding carboxylic acids is 1. The molecule has 1 amide bonds. The molecule has 10 heteroatoms. The average Bonchev–Trinajstić information content (AvgIpc) is 3.37. The second-order valence-corrected chi connectivity index (χ2v) is 7.38. The zero-order chi connectivity index (χ0) is 19.7. The maximum Gasteiger partial charge on any atom is 0.432 e. The van der Waals surface area contributed by atoms with Crippen LogP contribution in [0, 0.1) is 0 Å². The van der Waals surface area contributed by atoms with Gasteiger partial charge in [-0.3, -0.25) is 9.89 Å². The van der Waals surface area contributed by atoms with Crippen molar-refractivity contribution in [3.05, 3.63) is 53.2 Å². The average molecular weight is 407 g/mol. The minimum absolute atomic E-state index is 0.122. The topological polar surface area (TPSA) is 65.1 Å². The van der Waals surface area contributed by atoms with Crippen molar-refractivity contribution in [3.63, 3.8) is 0 Å². The minimum atomic E-state index is -4.48. The van der Waals surface area contributed by atoms with Gasteiger partial charge in [-0.05, 0) is 30.3 Å². The Balaban J connectivity index is 1.42. The Morgan fingerprint density at radius 3 is 2.54 bits per heavy atom. The number of pyridine rings is 1. The number of anilines is 1. The van der Waals surface area contributed by atoms with E-state index in [0.717, 1.165) is 23.2 Å². The van der Waals surface area contributed by atoms with Gasteiger partial charge in [-0.25, -0.2) is 4.98 Å². The zero-order valence-corrected chi connectivity index (χ0v) is 15.4. The van der Waals surface area contributed by atoms with Crippen molar-refractivity contribution in [2.24, 2.45) is 0 Å². The fraction of sp³-hybridized carbons (Fsp3) is 0.278. The second kappa shape index (κ2) is 7.27. The van der Waals surface area contributed by atoms with Crippen LogP contribution in [0.5, 0.6) is 0 Å². The molecule has 1 saturated heterocycles. The molecule has 28 heavy (non-hydrogen) atoms. The van der Waals surface area contributed by atoms with Crippen molar-refractivity contribution in [1.29, 1.82) is 0 Å². The smallest absolute Gasteiger partial charge is 0.353 e. The molecule has 0 unspecified atom stereocenters. The van der Waals surface area contributed by atoms with Crippen molar-refractivity contribution in [2.75, 3.05) is 31.1 Å². The Morgan fingerprint density at radius 1 is 1.11 bits per heavy atom. The van der Waals surface area contributed by atoms with E-state index in [0.29, 0.717) is 35.9 Å². The standard InChI is InChI=1S/C18H16F3N5OS/c19-18(20,21)15-11-12(23-24-15)13-4-5-14(28-13)17(27)26-9-7-25(8-10-26)16-3-1-2-6-22-16/h1-6,11H,7-10H2,(H,23,24). The first-order chi connectivity index (χ1) is 13.4. The molecule has 0 radical (unpaired) electrons. The number of aromatic nitrogens is 3. The van der Waals surface area contributed by atoms with Crippen molar-refractivity contribution < 1.29 is 18.0 Å². The molecule has 6 nitrogen and oxygen atoms in total. The molecule has 0 saturated carbocycles. The Kier molecular flexibility index (Phi) is 4.80. The zero-order valence-electron chi connectivity index (χ0n) is 14.6. The van der Waals surface area contributed by atoms with Crippen LogP contribution in [0.4, 0.5) is 19.0 Å². The Morgan fingerprint density at radius 2 is 1.89 bits per heavy atom. The molecule has 1 N–H and O–H groups in total. The van der Waals surface area contributed by atoms with E-state index in [4.69, 9.17) is 0 Å². The lowest BCUT2D eigenvalue weighted by molar-refractivity contribution is -0.141. The van der Waals surface area contributed by atoms with Crippen LogP contribution < -0.4 is 4.90 Å². The number of amides is 1. The molecule has 0 spiro atoms.